The maximum Gasteiger partial charge on any atom is 0.167 e. The summed E-state index contributed by atoms with van der Waals surface area (Å²) in [6, 6.07) is 16.2. The molecule has 0 amide bonds. The molecule has 0 bridgehead atoms. The van der Waals surface area contributed by atoms with Gasteiger partial charge in [0.1, 0.15) is 12.4 Å². The first kappa shape index (κ1) is 12.4. The minimum Gasteiger partial charge on any atom is -0.486 e. The van der Waals surface area contributed by atoms with E-state index in [1.54, 1.807) is 0 Å². The smallest absolute Gasteiger partial charge is 0.167 e. The summed E-state index contributed by atoms with van der Waals surface area (Å²) in [5.41, 5.74) is 3.57. The second-order valence-electron chi connectivity index (χ2n) is 4.38. The van der Waals surface area contributed by atoms with Crippen LogP contribution in [0.2, 0.25) is 0 Å². The van der Waals surface area contributed by atoms with E-state index in [0.717, 1.165) is 11.3 Å². The number of carbonyl (C=O) groups is 1. The standard InChI is InChI=1S/C16H16O2/c1-12-3-5-14(6-4-12)15-7-9-16(10-8-15)18-11-13(2)17/h3-10H,11H2,1-2H3. The highest BCUT2D eigenvalue weighted by Crippen LogP contribution is 2.22. The van der Waals surface area contributed by atoms with Gasteiger partial charge in [-0.05, 0) is 37.1 Å². The molecule has 92 valence electrons. The van der Waals surface area contributed by atoms with Crippen LogP contribution in [-0.4, -0.2) is 12.4 Å². The van der Waals surface area contributed by atoms with Crippen LogP contribution in [0, 0.1) is 6.92 Å². The Labute approximate surface area is 107 Å². The summed E-state index contributed by atoms with van der Waals surface area (Å²) in [5.74, 6) is 0.749. The zero-order chi connectivity index (χ0) is 13.0. The van der Waals surface area contributed by atoms with Gasteiger partial charge in [-0.2, -0.15) is 0 Å². The molecule has 0 aliphatic rings. The van der Waals surface area contributed by atoms with E-state index >= 15 is 0 Å². The molecule has 2 rings (SSSR count). The number of aryl methyl sites for hydroxylation is 1. The molecule has 0 radical (unpaired) electrons. The number of benzene rings is 2. The van der Waals surface area contributed by atoms with E-state index in [-0.39, 0.29) is 12.4 Å². The molecule has 0 spiro atoms. The number of rotatable bonds is 4. The van der Waals surface area contributed by atoms with E-state index < -0.39 is 0 Å². The third-order valence-electron chi connectivity index (χ3n) is 2.68. The molecule has 2 nitrogen and oxygen atoms in total. The largest absolute Gasteiger partial charge is 0.486 e. The summed E-state index contributed by atoms with van der Waals surface area (Å²) >= 11 is 0. The van der Waals surface area contributed by atoms with Crippen LogP contribution in [0.25, 0.3) is 11.1 Å². The van der Waals surface area contributed by atoms with Gasteiger partial charge in [-0.3, -0.25) is 4.79 Å². The Bertz CT molecular complexity index is 524. The lowest BCUT2D eigenvalue weighted by Crippen LogP contribution is -2.06. The first-order chi connectivity index (χ1) is 8.65. The van der Waals surface area contributed by atoms with Crippen molar-refractivity contribution in [3.05, 3.63) is 54.1 Å². The molecule has 0 saturated heterocycles. The summed E-state index contributed by atoms with van der Waals surface area (Å²) in [5, 5.41) is 0. The molecule has 0 unspecified atom stereocenters. The lowest BCUT2D eigenvalue weighted by molar-refractivity contribution is -0.118. The van der Waals surface area contributed by atoms with E-state index in [0.29, 0.717) is 0 Å². The van der Waals surface area contributed by atoms with Crippen molar-refractivity contribution in [2.45, 2.75) is 13.8 Å². The average Bonchev–Trinajstić information content (AvgIpc) is 2.38. The third-order valence-corrected chi connectivity index (χ3v) is 2.68. The monoisotopic (exact) mass is 240 g/mol. The van der Waals surface area contributed by atoms with Crippen LogP contribution in [0.3, 0.4) is 0 Å². The molecule has 0 aliphatic carbocycles. The Balaban J connectivity index is 2.12. The van der Waals surface area contributed by atoms with E-state index in [1.165, 1.54) is 18.1 Å². The number of hydrogen-bond donors (Lipinski definition) is 0. The molecule has 0 heterocycles. The summed E-state index contributed by atoms with van der Waals surface area (Å²) in [4.78, 5) is 10.8. The van der Waals surface area contributed by atoms with Crippen LogP contribution in [0.4, 0.5) is 0 Å². The number of carbonyl (C=O) groups excluding carboxylic acids is 1. The number of Topliss-reactive ketones (excluding diaryl/α,β-unsaturated/α-hetero) is 1. The zero-order valence-electron chi connectivity index (χ0n) is 10.6. The highest BCUT2D eigenvalue weighted by molar-refractivity contribution is 5.77. The normalized spacial score (nSPS) is 10.1. The first-order valence-corrected chi connectivity index (χ1v) is 5.94. The lowest BCUT2D eigenvalue weighted by Gasteiger charge is -2.06. The molecule has 0 fully saturated rings. The molecule has 0 aliphatic heterocycles. The van der Waals surface area contributed by atoms with E-state index in [1.807, 2.05) is 24.3 Å². The SMILES string of the molecule is CC(=O)COc1ccc(-c2ccc(C)cc2)cc1. The summed E-state index contributed by atoms with van der Waals surface area (Å²) in [7, 11) is 0. The van der Waals surface area contributed by atoms with Gasteiger partial charge in [-0.15, -0.1) is 0 Å². The second-order valence-corrected chi connectivity index (χ2v) is 4.38. The van der Waals surface area contributed by atoms with E-state index in [9.17, 15) is 4.79 Å². The minimum absolute atomic E-state index is 0.0256. The number of ether oxygens (including phenoxy) is 1. The van der Waals surface area contributed by atoms with Gasteiger partial charge in [0.2, 0.25) is 0 Å². The van der Waals surface area contributed by atoms with Crippen molar-refractivity contribution in [2.75, 3.05) is 6.61 Å². The van der Waals surface area contributed by atoms with Crippen molar-refractivity contribution < 1.29 is 9.53 Å². The minimum atomic E-state index is 0.0256. The predicted octanol–water partition coefficient (Wildman–Crippen LogP) is 3.63. The Morgan fingerprint density at radius 2 is 1.44 bits per heavy atom. The van der Waals surface area contributed by atoms with Gasteiger partial charge in [0, 0.05) is 0 Å². The highest BCUT2D eigenvalue weighted by atomic mass is 16.5. The summed E-state index contributed by atoms with van der Waals surface area (Å²) < 4.78 is 5.33. The van der Waals surface area contributed by atoms with Crippen LogP contribution in [0.15, 0.2) is 48.5 Å². The van der Waals surface area contributed by atoms with Gasteiger partial charge in [-0.25, -0.2) is 0 Å². The van der Waals surface area contributed by atoms with Crippen molar-refractivity contribution in [1.82, 2.24) is 0 Å². The van der Waals surface area contributed by atoms with Gasteiger partial charge < -0.3 is 4.74 Å². The Kier molecular flexibility index (Phi) is 3.78. The van der Waals surface area contributed by atoms with Crippen LogP contribution in [0.5, 0.6) is 5.75 Å². The summed E-state index contributed by atoms with van der Waals surface area (Å²) in [6.07, 6.45) is 0. The topological polar surface area (TPSA) is 26.3 Å². The fourth-order valence-electron chi connectivity index (χ4n) is 1.67. The van der Waals surface area contributed by atoms with Crippen LogP contribution >= 0.6 is 0 Å². The molecule has 0 N–H and O–H groups in total. The van der Waals surface area contributed by atoms with Crippen molar-refractivity contribution in [3.8, 4) is 16.9 Å². The molecule has 0 saturated carbocycles. The van der Waals surface area contributed by atoms with E-state index in [2.05, 4.69) is 31.2 Å². The second kappa shape index (κ2) is 5.50. The fraction of sp³-hybridized carbons (Fsp3) is 0.188. The van der Waals surface area contributed by atoms with Crippen LogP contribution in [0.1, 0.15) is 12.5 Å². The van der Waals surface area contributed by atoms with Crippen molar-refractivity contribution in [3.63, 3.8) is 0 Å². The Hall–Kier alpha value is -2.09. The molecule has 0 atom stereocenters. The molecular formula is C16H16O2. The van der Waals surface area contributed by atoms with Gasteiger partial charge in [0.05, 0.1) is 0 Å². The lowest BCUT2D eigenvalue weighted by atomic mass is 10.0. The van der Waals surface area contributed by atoms with Gasteiger partial charge in [0.15, 0.2) is 5.78 Å². The highest BCUT2D eigenvalue weighted by Gasteiger charge is 1.99. The van der Waals surface area contributed by atoms with Crippen LogP contribution in [-0.2, 0) is 4.79 Å². The van der Waals surface area contributed by atoms with Gasteiger partial charge in [0.25, 0.3) is 0 Å². The van der Waals surface area contributed by atoms with Crippen LogP contribution < -0.4 is 4.74 Å². The maximum absolute atomic E-state index is 10.8. The third kappa shape index (κ3) is 3.20. The Morgan fingerprint density at radius 3 is 1.94 bits per heavy atom. The van der Waals surface area contributed by atoms with Gasteiger partial charge in [-0.1, -0.05) is 42.0 Å². The molecule has 2 aromatic carbocycles. The first-order valence-electron chi connectivity index (χ1n) is 5.94. The molecule has 18 heavy (non-hydrogen) atoms. The Morgan fingerprint density at radius 1 is 0.944 bits per heavy atom. The molecular weight excluding hydrogens is 224 g/mol. The maximum atomic E-state index is 10.8. The van der Waals surface area contributed by atoms with Crippen molar-refractivity contribution in [2.24, 2.45) is 0 Å². The molecule has 0 aromatic heterocycles. The fourth-order valence-corrected chi connectivity index (χ4v) is 1.67. The number of ketones is 1. The quantitative estimate of drug-likeness (QED) is 0.815. The number of hydrogen-bond acceptors (Lipinski definition) is 2. The molecule has 2 heteroatoms. The van der Waals surface area contributed by atoms with E-state index in [4.69, 9.17) is 4.74 Å². The van der Waals surface area contributed by atoms with Crippen molar-refractivity contribution in [1.29, 1.82) is 0 Å². The van der Waals surface area contributed by atoms with Crippen molar-refractivity contribution >= 4 is 5.78 Å². The average molecular weight is 240 g/mol. The summed E-state index contributed by atoms with van der Waals surface area (Å²) in [6.45, 7) is 3.72. The predicted molar refractivity (Wildman–Crippen MR) is 72.8 cm³/mol. The zero-order valence-corrected chi connectivity index (χ0v) is 10.6. The van der Waals surface area contributed by atoms with Gasteiger partial charge >= 0.3 is 0 Å². The molecule has 2 aromatic rings.